The quantitative estimate of drug-likeness (QED) is 0.696. The summed E-state index contributed by atoms with van der Waals surface area (Å²) in [6, 6.07) is 2.32. The second kappa shape index (κ2) is 4.34. The summed E-state index contributed by atoms with van der Waals surface area (Å²) in [4.78, 5) is 4.97. The van der Waals surface area contributed by atoms with E-state index in [4.69, 9.17) is 9.72 Å². The maximum atomic E-state index is 5.55. The molecule has 0 fully saturated rings. The largest absolute Gasteiger partial charge is 0.376 e. The topological polar surface area (TPSA) is 22.1 Å². The van der Waals surface area contributed by atoms with Crippen LogP contribution in [0.15, 0.2) is 6.07 Å². The number of rotatable bonds is 0. The van der Waals surface area contributed by atoms with Gasteiger partial charge in [0.15, 0.2) is 0 Å². The van der Waals surface area contributed by atoms with Crippen LogP contribution in [0.4, 0.5) is 0 Å². The minimum Gasteiger partial charge on any atom is -0.376 e. The number of aromatic nitrogens is 1. The molecule has 0 N–H and O–H groups in total. The molecule has 0 aliphatic carbocycles. The van der Waals surface area contributed by atoms with E-state index in [0.29, 0.717) is 0 Å². The van der Waals surface area contributed by atoms with E-state index in [1.807, 2.05) is 0 Å². The lowest BCUT2D eigenvalue weighted by Gasteiger charge is -2.31. The highest BCUT2D eigenvalue weighted by Crippen LogP contribution is 2.34. The molecule has 2 rings (SSSR count). The lowest BCUT2D eigenvalue weighted by Crippen LogP contribution is -2.26. The van der Waals surface area contributed by atoms with Gasteiger partial charge in [-0.2, -0.15) is 0 Å². The molecular formula is C16H25NO. The second-order valence-corrected chi connectivity index (χ2v) is 7.29. The van der Waals surface area contributed by atoms with E-state index in [2.05, 4.69) is 47.6 Å². The Kier molecular flexibility index (Phi) is 3.26. The maximum Gasteiger partial charge on any atom is 0.0734 e. The first-order valence-corrected chi connectivity index (χ1v) is 6.81. The van der Waals surface area contributed by atoms with Crippen LogP contribution in [0.1, 0.15) is 64.1 Å². The van der Waals surface area contributed by atoms with E-state index >= 15 is 0 Å². The number of nitrogens with zero attached hydrogens (tertiary/aromatic N) is 1. The molecule has 0 saturated heterocycles. The Morgan fingerprint density at radius 2 is 1.72 bits per heavy atom. The summed E-state index contributed by atoms with van der Waals surface area (Å²) in [6.45, 7) is 15.0. The maximum absolute atomic E-state index is 5.55. The zero-order valence-electron chi connectivity index (χ0n) is 12.6. The van der Waals surface area contributed by atoms with Crippen molar-refractivity contribution >= 4 is 0 Å². The second-order valence-electron chi connectivity index (χ2n) is 7.29. The molecule has 2 heteroatoms. The molecule has 0 bridgehead atoms. The minimum absolute atomic E-state index is 0.0932. The van der Waals surface area contributed by atoms with Crippen molar-refractivity contribution in [2.75, 3.05) is 6.61 Å². The molecule has 1 aromatic rings. The Morgan fingerprint density at radius 1 is 1.06 bits per heavy atom. The predicted molar refractivity (Wildman–Crippen MR) is 75.0 cm³/mol. The van der Waals surface area contributed by atoms with Gasteiger partial charge in [-0.3, -0.25) is 4.98 Å². The van der Waals surface area contributed by atoms with Crippen LogP contribution in [-0.2, 0) is 28.6 Å². The van der Waals surface area contributed by atoms with Gasteiger partial charge in [-0.15, -0.1) is 0 Å². The third-order valence-corrected chi connectivity index (χ3v) is 3.45. The fourth-order valence-electron chi connectivity index (χ4n) is 2.43. The first kappa shape index (κ1) is 13.5. The van der Waals surface area contributed by atoms with Gasteiger partial charge in [0.25, 0.3) is 0 Å². The molecular weight excluding hydrogens is 222 g/mol. The third kappa shape index (κ3) is 2.59. The van der Waals surface area contributed by atoms with E-state index in [9.17, 15) is 0 Å². The molecule has 0 radical (unpaired) electrons. The summed E-state index contributed by atoms with van der Waals surface area (Å²) >= 11 is 0. The number of ether oxygens (including phenoxy) is 1. The Morgan fingerprint density at radius 3 is 2.28 bits per heavy atom. The fraction of sp³-hybridized carbons (Fsp3) is 0.688. The van der Waals surface area contributed by atoms with Gasteiger partial charge in [0.05, 0.1) is 13.2 Å². The Balaban J connectivity index is 2.63. The van der Waals surface area contributed by atoms with Crippen LogP contribution in [0.5, 0.6) is 0 Å². The lowest BCUT2D eigenvalue weighted by atomic mass is 9.77. The average molecular weight is 247 g/mol. The van der Waals surface area contributed by atoms with Crippen molar-refractivity contribution in [1.29, 1.82) is 0 Å². The highest BCUT2D eigenvalue weighted by atomic mass is 16.5. The van der Waals surface area contributed by atoms with Crippen LogP contribution in [0, 0.1) is 0 Å². The summed E-state index contributed by atoms with van der Waals surface area (Å²) in [6.07, 6.45) is 0.947. The first-order chi connectivity index (χ1) is 8.19. The molecule has 0 unspecified atom stereocenters. The summed E-state index contributed by atoms with van der Waals surface area (Å²) < 4.78 is 5.55. The standard InChI is InChI=1S/C16H25NO/c1-15(2,3)12-9-11-10-18-8-7-13(11)17-14(12)16(4,5)6/h9H,7-8,10H2,1-6H3. The van der Waals surface area contributed by atoms with Crippen molar-refractivity contribution in [1.82, 2.24) is 4.98 Å². The van der Waals surface area contributed by atoms with Gasteiger partial charge in [-0.05, 0) is 22.6 Å². The number of hydrogen-bond acceptors (Lipinski definition) is 2. The number of hydrogen-bond donors (Lipinski definition) is 0. The van der Waals surface area contributed by atoms with Crippen molar-refractivity contribution in [3.63, 3.8) is 0 Å². The summed E-state index contributed by atoms with van der Waals surface area (Å²) in [5, 5.41) is 0. The summed E-state index contributed by atoms with van der Waals surface area (Å²) in [5.41, 5.74) is 5.34. The molecule has 1 aliphatic heterocycles. The smallest absolute Gasteiger partial charge is 0.0734 e. The monoisotopic (exact) mass is 247 g/mol. The molecule has 0 saturated carbocycles. The van der Waals surface area contributed by atoms with Crippen LogP contribution in [0.3, 0.4) is 0 Å². The van der Waals surface area contributed by atoms with Crippen LogP contribution >= 0.6 is 0 Å². The SMILES string of the molecule is CC(C)(C)c1cc2c(nc1C(C)(C)C)CCOC2. The van der Waals surface area contributed by atoms with Gasteiger partial charge >= 0.3 is 0 Å². The first-order valence-electron chi connectivity index (χ1n) is 6.81. The molecule has 0 aromatic carbocycles. The zero-order chi connectivity index (χ0) is 13.6. The Labute approximate surface area is 111 Å². The van der Waals surface area contributed by atoms with Crippen molar-refractivity contribution in [3.8, 4) is 0 Å². The highest BCUT2D eigenvalue weighted by molar-refractivity contribution is 5.38. The van der Waals surface area contributed by atoms with E-state index in [1.54, 1.807) is 0 Å². The number of pyridine rings is 1. The summed E-state index contributed by atoms with van der Waals surface area (Å²) in [7, 11) is 0. The molecule has 0 atom stereocenters. The Bertz CT molecular complexity index is 406. The van der Waals surface area contributed by atoms with E-state index in [1.165, 1.54) is 22.5 Å². The third-order valence-electron chi connectivity index (χ3n) is 3.45. The Hall–Kier alpha value is -0.890. The molecule has 18 heavy (non-hydrogen) atoms. The summed E-state index contributed by atoms with van der Waals surface area (Å²) in [5.74, 6) is 0. The molecule has 1 aliphatic rings. The van der Waals surface area contributed by atoms with Crippen molar-refractivity contribution in [2.45, 2.75) is 65.4 Å². The zero-order valence-corrected chi connectivity index (χ0v) is 12.6. The van der Waals surface area contributed by atoms with Gasteiger partial charge < -0.3 is 4.74 Å². The molecule has 0 spiro atoms. The van der Waals surface area contributed by atoms with Gasteiger partial charge in [-0.25, -0.2) is 0 Å². The number of fused-ring (bicyclic) bond motifs is 1. The van der Waals surface area contributed by atoms with Crippen LogP contribution < -0.4 is 0 Å². The molecule has 100 valence electrons. The van der Waals surface area contributed by atoms with Gasteiger partial charge in [0, 0.05) is 23.2 Å². The molecule has 1 aromatic heterocycles. The fourth-order valence-corrected chi connectivity index (χ4v) is 2.43. The lowest BCUT2D eigenvalue weighted by molar-refractivity contribution is 0.109. The molecule has 0 amide bonds. The van der Waals surface area contributed by atoms with Crippen LogP contribution in [0.2, 0.25) is 0 Å². The molecule has 2 heterocycles. The van der Waals surface area contributed by atoms with Gasteiger partial charge in [-0.1, -0.05) is 41.5 Å². The molecule has 2 nitrogen and oxygen atoms in total. The van der Waals surface area contributed by atoms with Gasteiger partial charge in [0.2, 0.25) is 0 Å². The van der Waals surface area contributed by atoms with Crippen molar-refractivity contribution in [3.05, 3.63) is 28.6 Å². The van der Waals surface area contributed by atoms with Gasteiger partial charge in [0.1, 0.15) is 0 Å². The van der Waals surface area contributed by atoms with E-state index in [-0.39, 0.29) is 10.8 Å². The normalized spacial score (nSPS) is 16.6. The van der Waals surface area contributed by atoms with E-state index in [0.717, 1.165) is 19.6 Å². The van der Waals surface area contributed by atoms with Crippen LogP contribution in [0.25, 0.3) is 0 Å². The van der Waals surface area contributed by atoms with Crippen molar-refractivity contribution in [2.24, 2.45) is 0 Å². The highest BCUT2D eigenvalue weighted by Gasteiger charge is 2.28. The van der Waals surface area contributed by atoms with Crippen LogP contribution in [-0.4, -0.2) is 11.6 Å². The predicted octanol–water partition coefficient (Wildman–Crippen LogP) is 3.75. The average Bonchev–Trinajstić information content (AvgIpc) is 2.25. The van der Waals surface area contributed by atoms with Crippen molar-refractivity contribution < 1.29 is 4.74 Å². The minimum atomic E-state index is 0.0932. The van der Waals surface area contributed by atoms with E-state index < -0.39 is 0 Å².